The minimum Gasteiger partial charge on any atom is -0.308 e. The van der Waals surface area contributed by atoms with Gasteiger partial charge in [0.1, 0.15) is 5.82 Å². The standard InChI is InChI=1S/C12H16ClFN2/c1-16-5-4-11(8-16)15-7-9-2-3-10(13)6-12(9)14/h2-3,6,11,15H,4-5,7-8H2,1H3. The molecule has 2 rings (SSSR count). The van der Waals surface area contributed by atoms with Crippen LogP contribution in [0.2, 0.25) is 5.02 Å². The molecule has 2 nitrogen and oxygen atoms in total. The van der Waals surface area contributed by atoms with Crippen molar-refractivity contribution in [1.29, 1.82) is 0 Å². The third kappa shape index (κ3) is 2.94. The number of benzene rings is 1. The lowest BCUT2D eigenvalue weighted by atomic mass is 10.2. The quantitative estimate of drug-likeness (QED) is 0.875. The average molecular weight is 243 g/mol. The molecule has 1 unspecified atom stereocenters. The number of hydrogen-bond acceptors (Lipinski definition) is 2. The number of nitrogens with zero attached hydrogens (tertiary/aromatic N) is 1. The average Bonchev–Trinajstić information content (AvgIpc) is 2.63. The van der Waals surface area contributed by atoms with Gasteiger partial charge in [-0.05, 0) is 32.1 Å². The molecular formula is C12H16ClFN2. The third-order valence-electron chi connectivity index (χ3n) is 2.99. The van der Waals surface area contributed by atoms with Gasteiger partial charge in [-0.3, -0.25) is 0 Å². The first-order chi connectivity index (χ1) is 7.65. The highest BCUT2D eigenvalue weighted by Gasteiger charge is 2.18. The summed E-state index contributed by atoms with van der Waals surface area (Å²) in [5, 5.41) is 3.81. The zero-order valence-corrected chi connectivity index (χ0v) is 10.1. The molecule has 0 saturated carbocycles. The van der Waals surface area contributed by atoms with Gasteiger partial charge in [0, 0.05) is 29.7 Å². The van der Waals surface area contributed by atoms with Gasteiger partial charge in [-0.15, -0.1) is 0 Å². The van der Waals surface area contributed by atoms with Crippen LogP contribution in [0.3, 0.4) is 0 Å². The van der Waals surface area contributed by atoms with Crippen LogP contribution in [0.25, 0.3) is 0 Å². The zero-order valence-electron chi connectivity index (χ0n) is 9.34. The molecule has 88 valence electrons. The molecule has 0 radical (unpaired) electrons. The van der Waals surface area contributed by atoms with Crippen molar-refractivity contribution in [3.05, 3.63) is 34.6 Å². The summed E-state index contributed by atoms with van der Waals surface area (Å²) in [4.78, 5) is 2.27. The van der Waals surface area contributed by atoms with E-state index >= 15 is 0 Å². The van der Waals surface area contributed by atoms with Gasteiger partial charge in [0.15, 0.2) is 0 Å². The molecule has 4 heteroatoms. The minimum absolute atomic E-state index is 0.230. The molecule has 1 fully saturated rings. The predicted octanol–water partition coefficient (Wildman–Crippen LogP) is 2.27. The van der Waals surface area contributed by atoms with Gasteiger partial charge in [-0.2, -0.15) is 0 Å². The lowest BCUT2D eigenvalue weighted by Gasteiger charge is -2.13. The van der Waals surface area contributed by atoms with Crippen molar-refractivity contribution in [3.63, 3.8) is 0 Å². The van der Waals surface area contributed by atoms with E-state index in [-0.39, 0.29) is 5.82 Å². The topological polar surface area (TPSA) is 15.3 Å². The molecule has 0 spiro atoms. The summed E-state index contributed by atoms with van der Waals surface area (Å²) >= 11 is 5.70. The molecule has 1 aliphatic heterocycles. The van der Waals surface area contributed by atoms with E-state index < -0.39 is 0 Å². The maximum absolute atomic E-state index is 13.5. The molecular weight excluding hydrogens is 227 g/mol. The van der Waals surface area contributed by atoms with E-state index in [1.54, 1.807) is 12.1 Å². The second-order valence-electron chi connectivity index (χ2n) is 4.36. The molecule has 1 aromatic carbocycles. The summed E-state index contributed by atoms with van der Waals surface area (Å²) in [5.41, 5.74) is 0.680. The Morgan fingerprint density at radius 2 is 2.38 bits per heavy atom. The van der Waals surface area contributed by atoms with Crippen LogP contribution < -0.4 is 5.32 Å². The third-order valence-corrected chi connectivity index (χ3v) is 3.22. The van der Waals surface area contributed by atoms with Crippen LogP contribution in [0.4, 0.5) is 4.39 Å². The number of likely N-dealkylation sites (tertiary alicyclic amines) is 1. The van der Waals surface area contributed by atoms with Crippen molar-refractivity contribution in [2.75, 3.05) is 20.1 Å². The molecule has 0 aromatic heterocycles. The highest BCUT2D eigenvalue weighted by Crippen LogP contribution is 2.15. The van der Waals surface area contributed by atoms with Crippen LogP contribution in [0.5, 0.6) is 0 Å². The van der Waals surface area contributed by atoms with E-state index in [0.29, 0.717) is 23.2 Å². The number of halogens is 2. The normalized spacial score (nSPS) is 21.6. The first kappa shape index (κ1) is 11.8. The summed E-state index contributed by atoms with van der Waals surface area (Å²) in [6.07, 6.45) is 1.13. The Morgan fingerprint density at radius 1 is 1.56 bits per heavy atom. The lowest BCUT2D eigenvalue weighted by molar-refractivity contribution is 0.397. The van der Waals surface area contributed by atoms with Crippen LogP contribution >= 0.6 is 11.6 Å². The fourth-order valence-corrected chi connectivity index (χ4v) is 2.18. The van der Waals surface area contributed by atoms with Gasteiger partial charge >= 0.3 is 0 Å². The summed E-state index contributed by atoms with van der Waals surface area (Å²) < 4.78 is 13.5. The number of nitrogens with one attached hydrogen (secondary N) is 1. The summed E-state index contributed by atoms with van der Waals surface area (Å²) in [6, 6.07) is 5.30. The van der Waals surface area contributed by atoms with Crippen molar-refractivity contribution >= 4 is 11.6 Å². The van der Waals surface area contributed by atoms with Gasteiger partial charge in [0.25, 0.3) is 0 Å². The Kier molecular flexibility index (Phi) is 3.79. The Balaban J connectivity index is 1.89. The molecule has 16 heavy (non-hydrogen) atoms. The Hall–Kier alpha value is -0.640. The van der Waals surface area contributed by atoms with E-state index in [1.807, 2.05) is 0 Å². The molecule has 1 N–H and O–H groups in total. The first-order valence-corrected chi connectivity index (χ1v) is 5.89. The highest BCUT2D eigenvalue weighted by molar-refractivity contribution is 6.30. The monoisotopic (exact) mass is 242 g/mol. The van der Waals surface area contributed by atoms with Crippen molar-refractivity contribution in [2.45, 2.75) is 19.0 Å². The molecule has 0 amide bonds. The highest BCUT2D eigenvalue weighted by atomic mass is 35.5. The van der Waals surface area contributed by atoms with Crippen LogP contribution in [-0.2, 0) is 6.54 Å². The van der Waals surface area contributed by atoms with Crippen LogP contribution in [-0.4, -0.2) is 31.1 Å². The fourth-order valence-electron chi connectivity index (χ4n) is 2.02. The summed E-state index contributed by atoms with van der Waals surface area (Å²) in [5.74, 6) is -0.230. The number of hydrogen-bond donors (Lipinski definition) is 1. The molecule has 1 atom stereocenters. The molecule has 0 bridgehead atoms. The Bertz CT molecular complexity index is 370. The second-order valence-corrected chi connectivity index (χ2v) is 4.80. The number of likely N-dealkylation sites (N-methyl/N-ethyl adjacent to an activating group) is 1. The van der Waals surface area contributed by atoms with Crippen LogP contribution in [0.1, 0.15) is 12.0 Å². The van der Waals surface area contributed by atoms with Crippen molar-refractivity contribution in [2.24, 2.45) is 0 Å². The first-order valence-electron chi connectivity index (χ1n) is 5.51. The zero-order chi connectivity index (χ0) is 11.5. The van der Waals surface area contributed by atoms with Gasteiger partial charge < -0.3 is 10.2 Å². The summed E-state index contributed by atoms with van der Waals surface area (Å²) in [6.45, 7) is 2.72. The second kappa shape index (κ2) is 5.13. The predicted molar refractivity (Wildman–Crippen MR) is 64.2 cm³/mol. The van der Waals surface area contributed by atoms with Gasteiger partial charge in [-0.1, -0.05) is 17.7 Å². The van der Waals surface area contributed by atoms with Crippen molar-refractivity contribution < 1.29 is 4.39 Å². The lowest BCUT2D eigenvalue weighted by Crippen LogP contribution is -2.31. The minimum atomic E-state index is -0.230. The fraction of sp³-hybridized carbons (Fsp3) is 0.500. The van der Waals surface area contributed by atoms with Gasteiger partial charge in [0.05, 0.1) is 0 Å². The molecule has 0 aliphatic carbocycles. The van der Waals surface area contributed by atoms with Gasteiger partial charge in [0.2, 0.25) is 0 Å². The largest absolute Gasteiger partial charge is 0.308 e. The maximum Gasteiger partial charge on any atom is 0.129 e. The molecule has 1 aromatic rings. The van der Waals surface area contributed by atoms with E-state index in [4.69, 9.17) is 11.6 Å². The molecule has 1 heterocycles. The number of rotatable bonds is 3. The SMILES string of the molecule is CN1CCC(NCc2ccc(Cl)cc2F)C1. The maximum atomic E-state index is 13.5. The van der Waals surface area contributed by atoms with Crippen LogP contribution in [0.15, 0.2) is 18.2 Å². The Morgan fingerprint density at radius 3 is 3.00 bits per heavy atom. The van der Waals surface area contributed by atoms with E-state index in [2.05, 4.69) is 17.3 Å². The molecule has 1 saturated heterocycles. The smallest absolute Gasteiger partial charge is 0.129 e. The molecule has 1 aliphatic rings. The Labute approximate surface area is 100 Å². The van der Waals surface area contributed by atoms with Crippen molar-refractivity contribution in [1.82, 2.24) is 10.2 Å². The van der Waals surface area contributed by atoms with E-state index in [1.165, 1.54) is 6.07 Å². The van der Waals surface area contributed by atoms with Crippen molar-refractivity contribution in [3.8, 4) is 0 Å². The van der Waals surface area contributed by atoms with Gasteiger partial charge in [-0.25, -0.2) is 4.39 Å². The van der Waals surface area contributed by atoms with Crippen LogP contribution in [0, 0.1) is 5.82 Å². The summed E-state index contributed by atoms with van der Waals surface area (Å²) in [7, 11) is 2.10. The van der Waals surface area contributed by atoms with E-state index in [0.717, 1.165) is 19.5 Å². The van der Waals surface area contributed by atoms with E-state index in [9.17, 15) is 4.39 Å².